The van der Waals surface area contributed by atoms with Crippen LogP contribution in [0.5, 0.6) is 0 Å². The summed E-state index contributed by atoms with van der Waals surface area (Å²) in [6.07, 6.45) is 2.52. The van der Waals surface area contributed by atoms with Crippen LogP contribution in [0.4, 0.5) is 0 Å². The van der Waals surface area contributed by atoms with Crippen molar-refractivity contribution >= 4 is 15.9 Å². The lowest BCUT2D eigenvalue weighted by Crippen LogP contribution is -2.26. The number of rotatable bonds is 8. The second-order valence-corrected chi connectivity index (χ2v) is 6.97. The maximum absolute atomic E-state index is 3.62. The molecule has 0 fully saturated rings. The Kier molecular flexibility index (Phi) is 7.70. The third-order valence-electron chi connectivity index (χ3n) is 3.65. The van der Waals surface area contributed by atoms with Gasteiger partial charge in [0.25, 0.3) is 0 Å². The summed E-state index contributed by atoms with van der Waals surface area (Å²) >= 11 is 3.58. The molecule has 0 radical (unpaired) electrons. The third kappa shape index (κ3) is 6.58. The van der Waals surface area contributed by atoms with Gasteiger partial charge in [-0.2, -0.15) is 0 Å². The normalized spacial score (nSPS) is 14.6. The molecule has 108 valence electrons. The van der Waals surface area contributed by atoms with Gasteiger partial charge in [0.1, 0.15) is 0 Å². The van der Waals surface area contributed by atoms with Gasteiger partial charge < -0.3 is 5.32 Å². The van der Waals surface area contributed by atoms with Crippen LogP contribution in [-0.4, -0.2) is 13.1 Å². The average molecular weight is 326 g/mol. The van der Waals surface area contributed by atoms with E-state index in [0.29, 0.717) is 11.8 Å². The van der Waals surface area contributed by atoms with E-state index in [1.165, 1.54) is 22.9 Å². The van der Waals surface area contributed by atoms with E-state index in [-0.39, 0.29) is 0 Å². The summed E-state index contributed by atoms with van der Waals surface area (Å²) in [5, 5.41) is 3.62. The average Bonchev–Trinajstić information content (AvgIpc) is 2.37. The highest BCUT2D eigenvalue weighted by atomic mass is 79.9. The Labute approximate surface area is 127 Å². The van der Waals surface area contributed by atoms with Crippen molar-refractivity contribution in [1.82, 2.24) is 5.32 Å². The van der Waals surface area contributed by atoms with Gasteiger partial charge in [-0.15, -0.1) is 0 Å². The highest BCUT2D eigenvalue weighted by molar-refractivity contribution is 9.10. The Morgan fingerprint density at radius 2 is 1.89 bits per heavy atom. The predicted octanol–water partition coefficient (Wildman–Crippen LogP) is 5.21. The quantitative estimate of drug-likeness (QED) is 0.691. The molecule has 1 aromatic rings. The fourth-order valence-corrected chi connectivity index (χ4v) is 2.71. The zero-order valence-corrected chi connectivity index (χ0v) is 14.3. The third-order valence-corrected chi connectivity index (χ3v) is 4.14. The van der Waals surface area contributed by atoms with Crippen molar-refractivity contribution in [1.29, 1.82) is 0 Å². The van der Waals surface area contributed by atoms with Crippen LogP contribution in [-0.2, 0) is 0 Å². The van der Waals surface area contributed by atoms with Gasteiger partial charge in [-0.1, -0.05) is 62.2 Å². The lowest BCUT2D eigenvalue weighted by atomic mass is 9.88. The smallest absolute Gasteiger partial charge is 0.0178 e. The number of benzene rings is 1. The summed E-state index contributed by atoms with van der Waals surface area (Å²) in [4.78, 5) is 0. The molecule has 0 amide bonds. The fraction of sp³-hybridized carbons (Fsp3) is 0.647. The van der Waals surface area contributed by atoms with Gasteiger partial charge in [0.05, 0.1) is 0 Å². The summed E-state index contributed by atoms with van der Waals surface area (Å²) in [7, 11) is 0. The first-order valence-corrected chi connectivity index (χ1v) is 8.28. The second kappa shape index (κ2) is 8.76. The summed E-state index contributed by atoms with van der Waals surface area (Å²) in [6, 6.07) is 8.77. The Balaban J connectivity index is 2.68. The molecule has 0 aliphatic carbocycles. The molecule has 0 bridgehead atoms. The van der Waals surface area contributed by atoms with E-state index in [9.17, 15) is 0 Å². The molecule has 2 unspecified atom stereocenters. The van der Waals surface area contributed by atoms with Gasteiger partial charge in [0.15, 0.2) is 0 Å². The van der Waals surface area contributed by atoms with Crippen molar-refractivity contribution in [3.63, 3.8) is 0 Å². The Morgan fingerprint density at radius 3 is 2.47 bits per heavy atom. The first-order chi connectivity index (χ1) is 9.02. The molecule has 19 heavy (non-hydrogen) atoms. The monoisotopic (exact) mass is 325 g/mol. The zero-order chi connectivity index (χ0) is 14.3. The first-order valence-electron chi connectivity index (χ1n) is 7.49. The largest absolute Gasteiger partial charge is 0.316 e. The highest BCUT2D eigenvalue weighted by Gasteiger charge is 2.15. The number of hydrogen-bond acceptors (Lipinski definition) is 1. The van der Waals surface area contributed by atoms with Gasteiger partial charge >= 0.3 is 0 Å². The fourth-order valence-electron chi connectivity index (χ4n) is 2.30. The van der Waals surface area contributed by atoms with Crippen LogP contribution < -0.4 is 5.32 Å². The summed E-state index contributed by atoms with van der Waals surface area (Å²) in [6.45, 7) is 11.3. The van der Waals surface area contributed by atoms with Crippen LogP contribution in [0.25, 0.3) is 0 Å². The molecule has 0 heterocycles. The Morgan fingerprint density at radius 1 is 1.16 bits per heavy atom. The van der Waals surface area contributed by atoms with Gasteiger partial charge in [0.2, 0.25) is 0 Å². The molecular weight excluding hydrogens is 298 g/mol. The van der Waals surface area contributed by atoms with Gasteiger partial charge in [-0.3, -0.25) is 0 Å². The summed E-state index contributed by atoms with van der Waals surface area (Å²) in [5.74, 6) is 2.11. The van der Waals surface area contributed by atoms with E-state index >= 15 is 0 Å². The van der Waals surface area contributed by atoms with Crippen molar-refractivity contribution in [3.05, 3.63) is 34.3 Å². The molecule has 0 aliphatic rings. The molecule has 1 nitrogen and oxygen atoms in total. The van der Waals surface area contributed by atoms with E-state index < -0.39 is 0 Å². The molecule has 1 rings (SSSR count). The molecule has 0 aliphatic heterocycles. The first kappa shape index (κ1) is 16.7. The van der Waals surface area contributed by atoms with Crippen molar-refractivity contribution < 1.29 is 0 Å². The second-order valence-electron chi connectivity index (χ2n) is 6.05. The SMILES string of the molecule is CCC(C)CC(CNCC(C)C)c1cccc(Br)c1. The van der Waals surface area contributed by atoms with E-state index in [1.807, 2.05) is 0 Å². The maximum atomic E-state index is 3.62. The number of nitrogens with one attached hydrogen (secondary N) is 1. The van der Waals surface area contributed by atoms with Crippen molar-refractivity contribution in [3.8, 4) is 0 Å². The van der Waals surface area contributed by atoms with E-state index in [0.717, 1.165) is 19.0 Å². The van der Waals surface area contributed by atoms with Gasteiger partial charge in [-0.05, 0) is 48.4 Å². The Hall–Kier alpha value is -0.340. The number of halogens is 1. The van der Waals surface area contributed by atoms with Crippen LogP contribution in [0.3, 0.4) is 0 Å². The Bertz CT molecular complexity index is 362. The topological polar surface area (TPSA) is 12.0 Å². The predicted molar refractivity (Wildman–Crippen MR) is 88.7 cm³/mol. The molecule has 1 N–H and O–H groups in total. The molecule has 1 aromatic carbocycles. The molecular formula is C17H28BrN. The van der Waals surface area contributed by atoms with Crippen molar-refractivity contribution in [2.24, 2.45) is 11.8 Å². The van der Waals surface area contributed by atoms with Crippen LogP contribution >= 0.6 is 15.9 Å². The van der Waals surface area contributed by atoms with E-state index in [1.54, 1.807) is 0 Å². The van der Waals surface area contributed by atoms with Crippen LogP contribution in [0.2, 0.25) is 0 Å². The minimum absolute atomic E-state index is 0.617. The zero-order valence-electron chi connectivity index (χ0n) is 12.7. The summed E-state index contributed by atoms with van der Waals surface area (Å²) < 4.78 is 1.18. The van der Waals surface area contributed by atoms with Crippen molar-refractivity contribution in [2.75, 3.05) is 13.1 Å². The molecule has 0 saturated carbocycles. The van der Waals surface area contributed by atoms with E-state index in [2.05, 4.69) is 73.2 Å². The minimum atomic E-state index is 0.617. The van der Waals surface area contributed by atoms with E-state index in [4.69, 9.17) is 0 Å². The molecule has 0 saturated heterocycles. The molecule has 0 spiro atoms. The van der Waals surface area contributed by atoms with Crippen LogP contribution in [0.1, 0.15) is 52.0 Å². The van der Waals surface area contributed by atoms with Crippen LogP contribution in [0, 0.1) is 11.8 Å². The standard InChI is InChI=1S/C17H28BrN/c1-5-14(4)9-16(12-19-11-13(2)3)15-7-6-8-17(18)10-15/h6-8,10,13-14,16,19H,5,9,11-12H2,1-4H3. The highest BCUT2D eigenvalue weighted by Crippen LogP contribution is 2.26. The maximum Gasteiger partial charge on any atom is 0.0178 e. The molecule has 0 aromatic heterocycles. The van der Waals surface area contributed by atoms with Crippen LogP contribution in [0.15, 0.2) is 28.7 Å². The number of hydrogen-bond donors (Lipinski definition) is 1. The minimum Gasteiger partial charge on any atom is -0.316 e. The van der Waals surface area contributed by atoms with Gasteiger partial charge in [0, 0.05) is 11.0 Å². The lowest BCUT2D eigenvalue weighted by molar-refractivity contribution is 0.425. The van der Waals surface area contributed by atoms with Crippen molar-refractivity contribution in [2.45, 2.75) is 46.5 Å². The lowest BCUT2D eigenvalue weighted by Gasteiger charge is -2.22. The molecule has 2 heteroatoms. The molecule has 2 atom stereocenters. The van der Waals surface area contributed by atoms with Gasteiger partial charge in [-0.25, -0.2) is 0 Å². The summed E-state index contributed by atoms with van der Waals surface area (Å²) in [5.41, 5.74) is 1.45.